The molecule has 0 spiro atoms. The SMILES string of the molecule is CCNc1ncnc(Nc2ccc(Br)cc2F)c1[N+](=O)[O-]. The summed E-state index contributed by atoms with van der Waals surface area (Å²) in [5, 5.41) is 16.6. The Morgan fingerprint density at radius 3 is 2.71 bits per heavy atom. The number of nitrogens with zero attached hydrogens (tertiary/aromatic N) is 3. The van der Waals surface area contributed by atoms with Crippen molar-refractivity contribution in [2.45, 2.75) is 6.92 Å². The van der Waals surface area contributed by atoms with Crippen LogP contribution in [0, 0.1) is 15.9 Å². The van der Waals surface area contributed by atoms with Gasteiger partial charge in [0.15, 0.2) is 0 Å². The molecule has 1 aromatic carbocycles. The van der Waals surface area contributed by atoms with Gasteiger partial charge in [0.25, 0.3) is 0 Å². The molecule has 9 heteroatoms. The van der Waals surface area contributed by atoms with E-state index in [9.17, 15) is 14.5 Å². The molecule has 0 aliphatic carbocycles. The molecule has 0 aliphatic heterocycles. The van der Waals surface area contributed by atoms with Gasteiger partial charge in [-0.1, -0.05) is 15.9 Å². The maximum atomic E-state index is 13.8. The summed E-state index contributed by atoms with van der Waals surface area (Å²) in [6, 6.07) is 4.32. The first kappa shape index (κ1) is 15.1. The first-order chi connectivity index (χ1) is 10.0. The molecule has 2 aromatic rings. The number of nitrogens with one attached hydrogen (secondary N) is 2. The quantitative estimate of drug-likeness (QED) is 0.630. The van der Waals surface area contributed by atoms with Crippen LogP contribution in [-0.4, -0.2) is 21.4 Å². The van der Waals surface area contributed by atoms with Crippen LogP contribution in [0.25, 0.3) is 0 Å². The van der Waals surface area contributed by atoms with Crippen LogP contribution in [-0.2, 0) is 0 Å². The lowest BCUT2D eigenvalue weighted by Crippen LogP contribution is -2.08. The average Bonchev–Trinajstić information content (AvgIpc) is 2.42. The third kappa shape index (κ3) is 3.43. The van der Waals surface area contributed by atoms with Gasteiger partial charge in [-0.25, -0.2) is 14.4 Å². The molecule has 0 fully saturated rings. The summed E-state index contributed by atoms with van der Waals surface area (Å²) in [5.74, 6) is -0.549. The lowest BCUT2D eigenvalue weighted by atomic mass is 10.3. The number of anilines is 3. The highest BCUT2D eigenvalue weighted by molar-refractivity contribution is 9.10. The van der Waals surface area contributed by atoms with Crippen molar-refractivity contribution < 1.29 is 9.31 Å². The predicted octanol–water partition coefficient (Wildman–Crippen LogP) is 3.46. The number of halogens is 2. The van der Waals surface area contributed by atoms with E-state index in [0.717, 1.165) is 0 Å². The Morgan fingerprint density at radius 2 is 2.10 bits per heavy atom. The number of nitro groups is 1. The molecule has 0 bridgehead atoms. The van der Waals surface area contributed by atoms with Crippen LogP contribution in [0.4, 0.5) is 27.4 Å². The molecular formula is C12H11BrFN5O2. The van der Waals surface area contributed by atoms with Crippen LogP contribution in [0.15, 0.2) is 29.0 Å². The van der Waals surface area contributed by atoms with E-state index in [1.54, 1.807) is 13.0 Å². The van der Waals surface area contributed by atoms with Gasteiger partial charge in [-0.2, -0.15) is 0 Å². The lowest BCUT2D eigenvalue weighted by Gasteiger charge is -2.09. The second-order valence-electron chi connectivity index (χ2n) is 3.96. The molecule has 110 valence electrons. The molecule has 0 amide bonds. The molecule has 0 aliphatic rings. The standard InChI is InChI=1S/C12H11BrFN5O2/c1-2-15-11-10(19(20)21)12(17-6-16-11)18-9-4-3-7(13)5-8(9)14/h3-6H,2H2,1H3,(H2,15,16,17,18). The Labute approximate surface area is 127 Å². The van der Waals surface area contributed by atoms with Crippen molar-refractivity contribution in [1.82, 2.24) is 9.97 Å². The zero-order chi connectivity index (χ0) is 15.4. The Morgan fingerprint density at radius 1 is 1.38 bits per heavy atom. The topological polar surface area (TPSA) is 93.0 Å². The molecule has 0 radical (unpaired) electrons. The first-order valence-corrected chi connectivity index (χ1v) is 6.77. The Kier molecular flexibility index (Phi) is 4.63. The number of hydrogen-bond acceptors (Lipinski definition) is 6. The van der Waals surface area contributed by atoms with E-state index in [4.69, 9.17) is 0 Å². The average molecular weight is 356 g/mol. The predicted molar refractivity (Wildman–Crippen MR) is 80.2 cm³/mol. The number of aromatic nitrogens is 2. The highest BCUT2D eigenvalue weighted by Crippen LogP contribution is 2.32. The third-order valence-electron chi connectivity index (χ3n) is 2.53. The van der Waals surface area contributed by atoms with Crippen molar-refractivity contribution in [3.8, 4) is 0 Å². The van der Waals surface area contributed by atoms with Gasteiger partial charge in [0.2, 0.25) is 11.6 Å². The lowest BCUT2D eigenvalue weighted by molar-refractivity contribution is -0.383. The molecule has 1 heterocycles. The molecule has 0 unspecified atom stereocenters. The Hall–Kier alpha value is -2.29. The minimum absolute atomic E-state index is 0.0767. The summed E-state index contributed by atoms with van der Waals surface area (Å²) in [6.45, 7) is 2.25. The van der Waals surface area contributed by atoms with Gasteiger partial charge in [0.05, 0.1) is 10.6 Å². The van der Waals surface area contributed by atoms with Crippen molar-refractivity contribution in [1.29, 1.82) is 0 Å². The molecule has 21 heavy (non-hydrogen) atoms. The molecule has 2 rings (SSSR count). The summed E-state index contributed by atoms with van der Waals surface area (Å²) in [4.78, 5) is 18.2. The van der Waals surface area contributed by atoms with Crippen LogP contribution in [0.1, 0.15) is 6.92 Å². The van der Waals surface area contributed by atoms with Gasteiger partial charge in [0.1, 0.15) is 12.1 Å². The van der Waals surface area contributed by atoms with Crippen molar-refractivity contribution >= 4 is 38.9 Å². The van der Waals surface area contributed by atoms with E-state index in [-0.39, 0.29) is 23.0 Å². The van der Waals surface area contributed by atoms with E-state index >= 15 is 0 Å². The van der Waals surface area contributed by atoms with Gasteiger partial charge in [-0.15, -0.1) is 0 Å². The monoisotopic (exact) mass is 355 g/mol. The smallest absolute Gasteiger partial charge is 0.353 e. The molecule has 0 saturated carbocycles. The van der Waals surface area contributed by atoms with Crippen LogP contribution >= 0.6 is 15.9 Å². The summed E-state index contributed by atoms with van der Waals surface area (Å²) in [5.41, 5.74) is -0.246. The number of benzene rings is 1. The minimum Gasteiger partial charge on any atom is -0.364 e. The fraction of sp³-hybridized carbons (Fsp3) is 0.167. The van der Waals surface area contributed by atoms with Gasteiger partial charge >= 0.3 is 5.69 Å². The largest absolute Gasteiger partial charge is 0.364 e. The summed E-state index contributed by atoms with van der Waals surface area (Å²) >= 11 is 3.14. The molecular weight excluding hydrogens is 345 g/mol. The van der Waals surface area contributed by atoms with Crippen molar-refractivity contribution in [2.75, 3.05) is 17.2 Å². The van der Waals surface area contributed by atoms with E-state index in [1.165, 1.54) is 18.5 Å². The van der Waals surface area contributed by atoms with Gasteiger partial charge in [0, 0.05) is 11.0 Å². The fourth-order valence-electron chi connectivity index (χ4n) is 1.66. The first-order valence-electron chi connectivity index (χ1n) is 5.98. The highest BCUT2D eigenvalue weighted by atomic mass is 79.9. The van der Waals surface area contributed by atoms with Gasteiger partial charge in [-0.05, 0) is 25.1 Å². The second kappa shape index (κ2) is 6.44. The van der Waals surface area contributed by atoms with Crippen LogP contribution < -0.4 is 10.6 Å². The summed E-state index contributed by atoms with van der Waals surface area (Å²) < 4.78 is 14.4. The Balaban J connectivity index is 2.43. The van der Waals surface area contributed by atoms with Crippen molar-refractivity contribution in [3.05, 3.63) is 44.9 Å². The van der Waals surface area contributed by atoms with Crippen molar-refractivity contribution in [3.63, 3.8) is 0 Å². The van der Waals surface area contributed by atoms with E-state index < -0.39 is 10.7 Å². The third-order valence-corrected chi connectivity index (χ3v) is 3.03. The Bertz CT molecular complexity index is 683. The molecule has 7 nitrogen and oxygen atoms in total. The van der Waals surface area contributed by atoms with Gasteiger partial charge in [-0.3, -0.25) is 10.1 Å². The van der Waals surface area contributed by atoms with Crippen LogP contribution in [0.2, 0.25) is 0 Å². The molecule has 0 atom stereocenters. The zero-order valence-corrected chi connectivity index (χ0v) is 12.5. The molecule has 2 N–H and O–H groups in total. The fourth-order valence-corrected chi connectivity index (χ4v) is 1.99. The maximum Gasteiger partial charge on any atom is 0.353 e. The van der Waals surface area contributed by atoms with E-state index in [2.05, 4.69) is 36.5 Å². The van der Waals surface area contributed by atoms with Gasteiger partial charge < -0.3 is 10.6 Å². The summed E-state index contributed by atoms with van der Waals surface area (Å²) in [6.07, 6.45) is 1.17. The van der Waals surface area contributed by atoms with E-state index in [0.29, 0.717) is 11.0 Å². The molecule has 0 saturated heterocycles. The second-order valence-corrected chi connectivity index (χ2v) is 4.87. The van der Waals surface area contributed by atoms with Crippen LogP contribution in [0.3, 0.4) is 0 Å². The summed E-state index contributed by atoms with van der Waals surface area (Å²) in [7, 11) is 0. The zero-order valence-electron chi connectivity index (χ0n) is 10.9. The van der Waals surface area contributed by atoms with E-state index in [1.807, 2.05) is 0 Å². The normalized spacial score (nSPS) is 10.2. The van der Waals surface area contributed by atoms with Crippen LogP contribution in [0.5, 0.6) is 0 Å². The minimum atomic E-state index is -0.614. The highest BCUT2D eigenvalue weighted by Gasteiger charge is 2.23. The molecule has 1 aromatic heterocycles. The van der Waals surface area contributed by atoms with Crippen molar-refractivity contribution in [2.24, 2.45) is 0 Å². The number of hydrogen-bond donors (Lipinski definition) is 2. The number of rotatable bonds is 5. The maximum absolute atomic E-state index is 13.8.